The van der Waals surface area contributed by atoms with Gasteiger partial charge in [0, 0.05) is 25.9 Å². The van der Waals surface area contributed by atoms with Crippen molar-refractivity contribution < 1.29 is 4.52 Å². The molecule has 21 heavy (non-hydrogen) atoms. The van der Waals surface area contributed by atoms with E-state index in [0.29, 0.717) is 29.2 Å². The third-order valence-electron chi connectivity index (χ3n) is 2.80. The lowest BCUT2D eigenvalue weighted by Gasteiger charge is -2.11. The Morgan fingerprint density at radius 1 is 1.38 bits per heavy atom. The Labute approximate surface area is 149 Å². The van der Waals surface area contributed by atoms with Crippen LogP contribution in [0.25, 0.3) is 0 Å². The minimum Gasteiger partial charge on any atom is -0.364 e. The molecule has 2 rings (SSSR count). The van der Waals surface area contributed by atoms with E-state index >= 15 is 0 Å². The molecule has 2 N–H and O–H groups in total. The van der Waals surface area contributed by atoms with Crippen LogP contribution >= 0.6 is 47.2 Å². The Bertz CT molecular complexity index is 597. The fourth-order valence-corrected chi connectivity index (χ4v) is 2.07. The maximum Gasteiger partial charge on any atom is 0.191 e. The van der Waals surface area contributed by atoms with E-state index in [9.17, 15) is 0 Å². The third kappa shape index (κ3) is 4.79. The van der Waals surface area contributed by atoms with Crippen LogP contribution < -0.4 is 10.6 Å². The molecule has 0 saturated carbocycles. The van der Waals surface area contributed by atoms with E-state index in [-0.39, 0.29) is 24.0 Å². The van der Waals surface area contributed by atoms with E-state index in [1.165, 1.54) is 6.26 Å². The zero-order valence-electron chi connectivity index (χ0n) is 11.6. The Morgan fingerprint density at radius 2 is 2.10 bits per heavy atom. The number of hydrogen-bond acceptors (Lipinski definition) is 3. The molecule has 6 nitrogen and oxygen atoms in total. The Balaban J connectivity index is 0.00000220. The zero-order valence-corrected chi connectivity index (χ0v) is 15.4. The van der Waals surface area contributed by atoms with Crippen molar-refractivity contribution in [2.45, 2.75) is 13.1 Å². The van der Waals surface area contributed by atoms with Gasteiger partial charge < -0.3 is 19.7 Å². The summed E-state index contributed by atoms with van der Waals surface area (Å²) in [5.41, 5.74) is 1.77. The number of guanidine groups is 1. The summed E-state index contributed by atoms with van der Waals surface area (Å²) in [6.07, 6.45) is 1.53. The number of nitrogens with one attached hydrogen (secondary N) is 2. The van der Waals surface area contributed by atoms with Crippen molar-refractivity contribution >= 4 is 53.1 Å². The summed E-state index contributed by atoms with van der Waals surface area (Å²) in [4.78, 5) is 4.12. The van der Waals surface area contributed by atoms with Crippen molar-refractivity contribution in [3.63, 3.8) is 0 Å². The van der Waals surface area contributed by atoms with Gasteiger partial charge in [0.1, 0.15) is 17.1 Å². The highest BCUT2D eigenvalue weighted by Crippen LogP contribution is 2.24. The van der Waals surface area contributed by atoms with Crippen molar-refractivity contribution in [3.8, 4) is 0 Å². The van der Waals surface area contributed by atoms with Crippen molar-refractivity contribution in [1.29, 1.82) is 0 Å². The predicted molar refractivity (Wildman–Crippen MR) is 94.4 cm³/mol. The maximum absolute atomic E-state index is 6.01. The number of rotatable bonds is 4. The molecular weight excluding hydrogens is 428 g/mol. The highest BCUT2D eigenvalue weighted by molar-refractivity contribution is 14.0. The molecule has 0 saturated heterocycles. The summed E-state index contributed by atoms with van der Waals surface area (Å²) >= 11 is 12.0. The van der Waals surface area contributed by atoms with Gasteiger partial charge in [0.2, 0.25) is 0 Å². The van der Waals surface area contributed by atoms with Gasteiger partial charge >= 0.3 is 0 Å². The average molecular weight is 444 g/mol. The van der Waals surface area contributed by atoms with Gasteiger partial charge in [-0.05, 0) is 6.07 Å². The van der Waals surface area contributed by atoms with Crippen LogP contribution in [0.4, 0.5) is 0 Å². The van der Waals surface area contributed by atoms with E-state index in [0.717, 1.165) is 11.4 Å². The molecule has 0 aliphatic heterocycles. The third-order valence-corrected chi connectivity index (χ3v) is 3.65. The van der Waals surface area contributed by atoms with Crippen LogP contribution in [0.2, 0.25) is 10.2 Å². The second kappa shape index (κ2) is 8.50. The molecule has 0 radical (unpaired) electrons. The Kier molecular flexibility index (Phi) is 7.33. The van der Waals surface area contributed by atoms with Gasteiger partial charge in [-0.15, -0.1) is 24.0 Å². The summed E-state index contributed by atoms with van der Waals surface area (Å²) in [7, 11) is 3.56. The lowest BCUT2D eigenvalue weighted by atomic mass is 10.4. The van der Waals surface area contributed by atoms with Gasteiger partial charge in [-0.2, -0.15) is 0 Å². The maximum atomic E-state index is 6.01. The standard InChI is InChI=1S/C12H15Cl2N5O.HI/c1-15-12(16-6-8-3-4-20-18-8)17-7-9-5-10(13)11(14)19(9)2;/h3-5H,6-7H2,1-2H3,(H2,15,16,17);1H. The number of aromatic nitrogens is 2. The second-order valence-corrected chi connectivity index (χ2v) is 4.87. The van der Waals surface area contributed by atoms with E-state index < -0.39 is 0 Å². The van der Waals surface area contributed by atoms with E-state index in [4.69, 9.17) is 27.7 Å². The summed E-state index contributed by atoms with van der Waals surface area (Å²) in [5, 5.41) is 11.2. The monoisotopic (exact) mass is 443 g/mol. The van der Waals surface area contributed by atoms with Gasteiger partial charge in [-0.1, -0.05) is 28.4 Å². The number of nitrogens with zero attached hydrogens (tertiary/aromatic N) is 3. The van der Waals surface area contributed by atoms with Gasteiger partial charge in [-0.25, -0.2) is 0 Å². The molecule has 2 heterocycles. The molecule has 0 aliphatic carbocycles. The highest BCUT2D eigenvalue weighted by atomic mass is 127. The van der Waals surface area contributed by atoms with E-state index in [1.54, 1.807) is 13.1 Å². The molecule has 9 heteroatoms. The fourth-order valence-electron chi connectivity index (χ4n) is 1.66. The molecule has 2 aromatic rings. The normalized spacial score (nSPS) is 11.1. The predicted octanol–water partition coefficient (Wildman–Crippen LogP) is 2.80. The van der Waals surface area contributed by atoms with Crippen molar-refractivity contribution in [3.05, 3.63) is 40.0 Å². The molecule has 0 atom stereocenters. The number of hydrogen-bond donors (Lipinski definition) is 2. The van der Waals surface area contributed by atoms with Crippen molar-refractivity contribution in [1.82, 2.24) is 20.4 Å². The number of aliphatic imine (C=N–C) groups is 1. The van der Waals surface area contributed by atoms with Crippen LogP contribution in [0.3, 0.4) is 0 Å². The molecule has 0 amide bonds. The molecule has 116 valence electrons. The van der Waals surface area contributed by atoms with E-state index in [2.05, 4.69) is 20.8 Å². The molecule has 0 fully saturated rings. The second-order valence-electron chi connectivity index (χ2n) is 4.10. The summed E-state index contributed by atoms with van der Waals surface area (Å²) in [6, 6.07) is 3.61. The van der Waals surface area contributed by atoms with Crippen LogP contribution in [-0.4, -0.2) is 22.7 Å². The van der Waals surface area contributed by atoms with Crippen LogP contribution in [0.5, 0.6) is 0 Å². The van der Waals surface area contributed by atoms with Crippen molar-refractivity contribution in [2.24, 2.45) is 12.0 Å². The largest absolute Gasteiger partial charge is 0.364 e. The first-order valence-electron chi connectivity index (χ1n) is 5.95. The first-order valence-corrected chi connectivity index (χ1v) is 6.70. The smallest absolute Gasteiger partial charge is 0.191 e. The summed E-state index contributed by atoms with van der Waals surface area (Å²) in [6.45, 7) is 1.09. The molecule has 0 aliphatic rings. The van der Waals surface area contributed by atoms with Gasteiger partial charge in [0.25, 0.3) is 0 Å². The van der Waals surface area contributed by atoms with Crippen LogP contribution in [0.1, 0.15) is 11.4 Å². The summed E-state index contributed by atoms with van der Waals surface area (Å²) < 4.78 is 6.58. The first-order chi connectivity index (χ1) is 9.61. The number of halogens is 3. The van der Waals surface area contributed by atoms with Crippen molar-refractivity contribution in [2.75, 3.05) is 7.05 Å². The fraction of sp³-hybridized carbons (Fsp3) is 0.333. The lowest BCUT2D eigenvalue weighted by molar-refractivity contribution is 0.410. The van der Waals surface area contributed by atoms with Crippen LogP contribution in [-0.2, 0) is 20.1 Å². The van der Waals surface area contributed by atoms with Crippen LogP contribution in [0.15, 0.2) is 27.9 Å². The van der Waals surface area contributed by atoms with Gasteiger partial charge in [-0.3, -0.25) is 4.99 Å². The lowest BCUT2D eigenvalue weighted by Crippen LogP contribution is -2.36. The minimum absolute atomic E-state index is 0. The highest BCUT2D eigenvalue weighted by Gasteiger charge is 2.09. The Morgan fingerprint density at radius 3 is 2.62 bits per heavy atom. The van der Waals surface area contributed by atoms with E-state index in [1.807, 2.05) is 17.7 Å². The molecule has 0 aromatic carbocycles. The molecule has 2 aromatic heterocycles. The topological polar surface area (TPSA) is 67.4 Å². The SMILES string of the molecule is CN=C(NCc1ccon1)NCc1cc(Cl)c(Cl)n1C.I. The zero-order chi connectivity index (χ0) is 14.5. The quantitative estimate of drug-likeness (QED) is 0.433. The first kappa shape index (κ1) is 18.1. The molecule has 0 unspecified atom stereocenters. The summed E-state index contributed by atoms with van der Waals surface area (Å²) in [5.74, 6) is 0.654. The Hall–Kier alpha value is -0.930. The minimum atomic E-state index is 0. The van der Waals surface area contributed by atoms with Crippen LogP contribution in [0, 0.1) is 0 Å². The molecule has 0 spiro atoms. The molecular formula is C12H16Cl2IN5O. The molecule has 0 bridgehead atoms. The average Bonchev–Trinajstić information content (AvgIpc) is 3.04. The van der Waals surface area contributed by atoms with Gasteiger partial charge in [0.15, 0.2) is 5.96 Å². The van der Waals surface area contributed by atoms with Gasteiger partial charge in [0.05, 0.1) is 18.1 Å².